The zero-order chi connectivity index (χ0) is 18.8. The Labute approximate surface area is 165 Å². The molecule has 0 radical (unpaired) electrons. The van der Waals surface area contributed by atoms with E-state index in [1.165, 1.54) is 11.8 Å². The van der Waals surface area contributed by atoms with Crippen LogP contribution in [0.25, 0.3) is 20.7 Å². The topological polar surface area (TPSA) is 52.7 Å². The van der Waals surface area contributed by atoms with Crippen LogP contribution in [0.4, 0.5) is 0 Å². The highest BCUT2D eigenvalue weighted by Gasteiger charge is 2.15. The van der Waals surface area contributed by atoms with E-state index in [2.05, 4.69) is 11.6 Å². The van der Waals surface area contributed by atoms with Crippen LogP contribution in [0.2, 0.25) is 0 Å². The number of hydrogen-bond donors (Lipinski definition) is 0. The van der Waals surface area contributed by atoms with Crippen LogP contribution in [0.5, 0.6) is 0 Å². The van der Waals surface area contributed by atoms with E-state index < -0.39 is 0 Å². The van der Waals surface area contributed by atoms with Crippen molar-refractivity contribution in [3.05, 3.63) is 77.6 Å². The fraction of sp³-hybridized carbons (Fsp3) is 0.150. The molecule has 0 aliphatic rings. The number of fused-ring (bicyclic) bond motifs is 1. The van der Waals surface area contributed by atoms with Crippen molar-refractivity contribution in [3.8, 4) is 10.4 Å². The second-order valence-corrected chi connectivity index (χ2v) is 8.01. The van der Waals surface area contributed by atoms with Crippen molar-refractivity contribution in [1.29, 1.82) is 0 Å². The molecule has 7 heteroatoms. The first-order chi connectivity index (χ1) is 13.2. The zero-order valence-corrected chi connectivity index (χ0v) is 16.5. The number of allylic oxidation sites excluding steroid dienone is 1. The van der Waals surface area contributed by atoms with Crippen LogP contribution < -0.4 is 5.56 Å². The number of hydrogen-bond acceptors (Lipinski definition) is 5. The molecule has 136 valence electrons. The lowest BCUT2D eigenvalue weighted by Gasteiger charge is -2.09. The van der Waals surface area contributed by atoms with Gasteiger partial charge in [-0.05, 0) is 11.6 Å². The number of thioether (sulfide) groups is 1. The van der Waals surface area contributed by atoms with Crippen molar-refractivity contribution in [2.24, 2.45) is 7.05 Å². The Morgan fingerprint density at radius 3 is 2.81 bits per heavy atom. The van der Waals surface area contributed by atoms with Gasteiger partial charge in [-0.1, -0.05) is 48.2 Å². The largest absolute Gasteiger partial charge is 0.337 e. The van der Waals surface area contributed by atoms with Gasteiger partial charge in [0.2, 0.25) is 0 Å². The van der Waals surface area contributed by atoms with E-state index in [9.17, 15) is 4.79 Å². The summed E-state index contributed by atoms with van der Waals surface area (Å²) < 4.78 is 3.66. The molecular weight excluding hydrogens is 376 g/mol. The van der Waals surface area contributed by atoms with Gasteiger partial charge in [0, 0.05) is 30.9 Å². The maximum Gasteiger partial charge on any atom is 0.263 e. The fourth-order valence-electron chi connectivity index (χ4n) is 2.81. The summed E-state index contributed by atoms with van der Waals surface area (Å²) in [7, 11) is 1.96. The first-order valence-electron chi connectivity index (χ1n) is 8.47. The Balaban J connectivity index is 1.78. The first-order valence-corrected chi connectivity index (χ1v) is 10.3. The van der Waals surface area contributed by atoms with Crippen LogP contribution in [0, 0.1) is 0 Å². The van der Waals surface area contributed by atoms with E-state index in [-0.39, 0.29) is 5.56 Å². The standard InChI is InChI=1S/C20H18N4OS2/c1-3-10-24-19(25)15-12-16(14-7-5-4-6-8-14)27-18(15)22-20(24)26-13-17-21-9-11-23(17)2/h3-9,11-12H,1,10,13H2,2H3. The van der Waals surface area contributed by atoms with Gasteiger partial charge in [0.25, 0.3) is 5.56 Å². The molecule has 0 spiro atoms. The van der Waals surface area contributed by atoms with Crippen molar-refractivity contribution in [1.82, 2.24) is 19.1 Å². The zero-order valence-electron chi connectivity index (χ0n) is 14.8. The van der Waals surface area contributed by atoms with E-state index >= 15 is 0 Å². The molecule has 0 saturated heterocycles. The van der Waals surface area contributed by atoms with Crippen LogP contribution in [-0.4, -0.2) is 19.1 Å². The molecule has 1 aromatic carbocycles. The van der Waals surface area contributed by atoms with Gasteiger partial charge >= 0.3 is 0 Å². The van der Waals surface area contributed by atoms with E-state index in [4.69, 9.17) is 4.98 Å². The second-order valence-electron chi connectivity index (χ2n) is 6.04. The Bertz CT molecular complexity index is 1160. The van der Waals surface area contributed by atoms with Gasteiger partial charge in [-0.25, -0.2) is 9.97 Å². The molecule has 0 unspecified atom stereocenters. The van der Waals surface area contributed by atoms with Crippen LogP contribution >= 0.6 is 23.1 Å². The minimum atomic E-state index is -0.0272. The minimum Gasteiger partial charge on any atom is -0.337 e. The van der Waals surface area contributed by atoms with Gasteiger partial charge in [0.15, 0.2) is 5.16 Å². The summed E-state index contributed by atoms with van der Waals surface area (Å²) in [6, 6.07) is 12.0. The molecule has 0 bridgehead atoms. The monoisotopic (exact) mass is 394 g/mol. The predicted octanol–water partition coefficient (Wildman–Crippen LogP) is 4.34. The molecule has 0 aliphatic heterocycles. The highest BCUT2D eigenvalue weighted by Crippen LogP contribution is 2.32. The van der Waals surface area contributed by atoms with Crippen LogP contribution in [0.3, 0.4) is 0 Å². The smallest absolute Gasteiger partial charge is 0.263 e. The van der Waals surface area contributed by atoms with Crippen molar-refractivity contribution < 1.29 is 0 Å². The molecule has 0 atom stereocenters. The third kappa shape index (κ3) is 3.48. The van der Waals surface area contributed by atoms with Gasteiger partial charge in [-0.15, -0.1) is 17.9 Å². The summed E-state index contributed by atoms with van der Waals surface area (Å²) in [5.74, 6) is 1.59. The average molecular weight is 395 g/mol. The van der Waals surface area contributed by atoms with Gasteiger partial charge in [0.1, 0.15) is 10.7 Å². The summed E-state index contributed by atoms with van der Waals surface area (Å²) in [5.41, 5.74) is 1.07. The Hall–Kier alpha value is -2.64. The second kappa shape index (κ2) is 7.54. The number of benzene rings is 1. The van der Waals surface area contributed by atoms with E-state index in [1.807, 2.05) is 54.2 Å². The number of imidazole rings is 1. The molecule has 27 heavy (non-hydrogen) atoms. The lowest BCUT2D eigenvalue weighted by atomic mass is 10.2. The third-order valence-corrected chi connectivity index (χ3v) is 6.29. The predicted molar refractivity (Wildman–Crippen MR) is 112 cm³/mol. The number of aromatic nitrogens is 4. The normalized spacial score (nSPS) is 11.1. The Morgan fingerprint density at radius 2 is 2.11 bits per heavy atom. The van der Waals surface area contributed by atoms with Crippen LogP contribution in [0.15, 0.2) is 71.4 Å². The summed E-state index contributed by atoms with van der Waals surface area (Å²) in [6.07, 6.45) is 5.41. The highest BCUT2D eigenvalue weighted by atomic mass is 32.2. The van der Waals surface area contributed by atoms with Crippen molar-refractivity contribution >= 4 is 33.3 Å². The van der Waals surface area contributed by atoms with E-state index in [0.29, 0.717) is 22.8 Å². The fourth-order valence-corrected chi connectivity index (χ4v) is 4.90. The van der Waals surface area contributed by atoms with Crippen molar-refractivity contribution in [3.63, 3.8) is 0 Å². The summed E-state index contributed by atoms with van der Waals surface area (Å²) in [6.45, 7) is 4.22. The van der Waals surface area contributed by atoms with Crippen LogP contribution in [0.1, 0.15) is 5.82 Å². The lowest BCUT2D eigenvalue weighted by Crippen LogP contribution is -2.22. The summed E-state index contributed by atoms with van der Waals surface area (Å²) in [4.78, 5) is 24.0. The number of thiophene rings is 1. The van der Waals surface area contributed by atoms with E-state index in [0.717, 1.165) is 21.1 Å². The summed E-state index contributed by atoms with van der Waals surface area (Å²) in [5, 5.41) is 1.35. The maximum atomic E-state index is 13.1. The van der Waals surface area contributed by atoms with Gasteiger partial charge in [0.05, 0.1) is 11.1 Å². The summed E-state index contributed by atoms with van der Waals surface area (Å²) >= 11 is 3.07. The van der Waals surface area contributed by atoms with Crippen molar-refractivity contribution in [2.45, 2.75) is 17.5 Å². The van der Waals surface area contributed by atoms with Gasteiger partial charge < -0.3 is 4.57 Å². The molecule has 4 aromatic rings. The van der Waals surface area contributed by atoms with Gasteiger partial charge in [-0.3, -0.25) is 9.36 Å². The Morgan fingerprint density at radius 1 is 1.30 bits per heavy atom. The molecule has 0 saturated carbocycles. The number of rotatable bonds is 6. The molecule has 3 aromatic heterocycles. The van der Waals surface area contributed by atoms with Crippen molar-refractivity contribution in [2.75, 3.05) is 0 Å². The van der Waals surface area contributed by atoms with Gasteiger partial charge in [-0.2, -0.15) is 0 Å². The number of aryl methyl sites for hydroxylation is 1. The lowest BCUT2D eigenvalue weighted by molar-refractivity contribution is 0.672. The molecule has 3 heterocycles. The SMILES string of the molecule is C=CCn1c(SCc2nccn2C)nc2sc(-c3ccccc3)cc2c1=O. The molecule has 0 fully saturated rings. The third-order valence-electron chi connectivity index (χ3n) is 4.24. The molecule has 0 amide bonds. The first kappa shape index (κ1) is 17.8. The maximum absolute atomic E-state index is 13.1. The molecule has 0 aliphatic carbocycles. The number of nitrogens with zero attached hydrogens (tertiary/aromatic N) is 4. The molecule has 5 nitrogen and oxygen atoms in total. The average Bonchev–Trinajstić information content (AvgIpc) is 3.30. The minimum absolute atomic E-state index is 0.0272. The molecule has 4 rings (SSSR count). The Kier molecular flexibility index (Phi) is 4.96. The quantitative estimate of drug-likeness (QED) is 0.277. The highest BCUT2D eigenvalue weighted by molar-refractivity contribution is 7.98. The molecular formula is C20H18N4OS2. The van der Waals surface area contributed by atoms with E-state index in [1.54, 1.807) is 28.2 Å². The van der Waals surface area contributed by atoms with Crippen LogP contribution in [-0.2, 0) is 19.3 Å². The molecule has 0 N–H and O–H groups in total.